The molecule has 2 atom stereocenters. The Morgan fingerprint density at radius 2 is 1.64 bits per heavy atom. The summed E-state index contributed by atoms with van der Waals surface area (Å²) in [5, 5.41) is 2.67. The van der Waals surface area contributed by atoms with Crippen LogP contribution in [0.15, 0.2) is 78.9 Å². The predicted octanol–water partition coefficient (Wildman–Crippen LogP) is 6.22. The van der Waals surface area contributed by atoms with Gasteiger partial charge in [-0.2, -0.15) is 13.2 Å². The number of hydrogen-bond donors (Lipinski definition) is 1. The van der Waals surface area contributed by atoms with Gasteiger partial charge < -0.3 is 15.0 Å². The number of halogens is 4. The van der Waals surface area contributed by atoms with Gasteiger partial charge >= 0.3 is 12.2 Å². The number of piperidine rings is 1. The molecule has 0 aromatic heterocycles. The van der Waals surface area contributed by atoms with E-state index in [1.54, 1.807) is 11.9 Å². The summed E-state index contributed by atoms with van der Waals surface area (Å²) >= 11 is 0. The summed E-state index contributed by atoms with van der Waals surface area (Å²) in [5.74, 6) is -1.26. The molecular formula is C28H28F4N2O2. The molecule has 1 N–H and O–H groups in total. The van der Waals surface area contributed by atoms with Gasteiger partial charge in [-0.25, -0.2) is 9.18 Å². The average Bonchev–Trinajstić information content (AvgIpc) is 2.88. The minimum absolute atomic E-state index is 0.116. The first-order valence-corrected chi connectivity index (χ1v) is 11.8. The standard InChI is InChI=1S/C28H28F4N2O2/c1-33-27(35)34-13-12-25(36-18-19-14-22(28(30,31)32)16-23(29)15-19)24(17-34)26(20-8-4-2-5-9-20)21-10-6-3-7-11-21/h2-11,14-16,24-26H,12-13,17-18H2,1H3,(H,33,35)/t24-,25+/m1/s1. The molecule has 0 aliphatic carbocycles. The summed E-state index contributed by atoms with van der Waals surface area (Å²) in [6.45, 7) is 0.669. The summed E-state index contributed by atoms with van der Waals surface area (Å²) in [6, 6.07) is 22.0. The highest BCUT2D eigenvalue weighted by Gasteiger charge is 2.38. The number of amides is 2. The van der Waals surface area contributed by atoms with Crippen molar-refractivity contribution < 1.29 is 27.1 Å². The molecule has 4 nitrogen and oxygen atoms in total. The van der Waals surface area contributed by atoms with Gasteiger partial charge in [-0.1, -0.05) is 60.7 Å². The van der Waals surface area contributed by atoms with Crippen molar-refractivity contribution in [1.82, 2.24) is 10.2 Å². The molecule has 1 aliphatic heterocycles. The molecule has 3 aromatic rings. The van der Waals surface area contributed by atoms with Crippen LogP contribution in [0.3, 0.4) is 0 Å². The number of likely N-dealkylation sites (tertiary alicyclic amines) is 1. The van der Waals surface area contributed by atoms with Gasteiger partial charge in [0.25, 0.3) is 0 Å². The molecule has 1 saturated heterocycles. The minimum Gasteiger partial charge on any atom is -0.373 e. The smallest absolute Gasteiger partial charge is 0.373 e. The number of carbonyl (C=O) groups is 1. The highest BCUT2D eigenvalue weighted by Crippen LogP contribution is 2.39. The van der Waals surface area contributed by atoms with Crippen LogP contribution in [0.25, 0.3) is 0 Å². The Labute approximate surface area is 207 Å². The molecule has 0 saturated carbocycles. The number of ether oxygens (including phenoxy) is 1. The summed E-state index contributed by atoms with van der Waals surface area (Å²) in [5.41, 5.74) is 1.17. The van der Waals surface area contributed by atoms with Crippen molar-refractivity contribution in [3.63, 3.8) is 0 Å². The Hall–Kier alpha value is -3.39. The number of nitrogens with one attached hydrogen (secondary N) is 1. The largest absolute Gasteiger partial charge is 0.416 e. The highest BCUT2D eigenvalue weighted by atomic mass is 19.4. The lowest BCUT2D eigenvalue weighted by Gasteiger charge is -2.42. The topological polar surface area (TPSA) is 41.6 Å². The Bertz CT molecular complexity index is 1120. The molecule has 190 valence electrons. The number of nitrogens with zero attached hydrogens (tertiary/aromatic N) is 1. The predicted molar refractivity (Wildman–Crippen MR) is 129 cm³/mol. The summed E-state index contributed by atoms with van der Waals surface area (Å²) < 4.78 is 59.7. The second-order valence-corrected chi connectivity index (χ2v) is 8.95. The van der Waals surface area contributed by atoms with Crippen molar-refractivity contribution >= 4 is 6.03 Å². The third-order valence-corrected chi connectivity index (χ3v) is 6.59. The Balaban J connectivity index is 1.66. The first kappa shape index (κ1) is 25.7. The molecule has 8 heteroatoms. The number of urea groups is 1. The van der Waals surface area contributed by atoms with Crippen molar-refractivity contribution in [2.45, 2.75) is 31.2 Å². The van der Waals surface area contributed by atoms with Gasteiger partial charge in [0.2, 0.25) is 0 Å². The zero-order chi connectivity index (χ0) is 25.7. The quantitative estimate of drug-likeness (QED) is 0.408. The third-order valence-electron chi connectivity index (χ3n) is 6.59. The maximum absolute atomic E-state index is 13.9. The van der Waals surface area contributed by atoms with Crippen molar-refractivity contribution in [2.75, 3.05) is 20.1 Å². The van der Waals surface area contributed by atoms with Crippen molar-refractivity contribution in [1.29, 1.82) is 0 Å². The number of hydrogen-bond acceptors (Lipinski definition) is 2. The van der Waals surface area contributed by atoms with Gasteiger partial charge in [0, 0.05) is 32.0 Å². The van der Waals surface area contributed by atoms with Crippen LogP contribution in [0.4, 0.5) is 22.4 Å². The monoisotopic (exact) mass is 500 g/mol. The lowest BCUT2D eigenvalue weighted by atomic mass is 9.75. The van der Waals surface area contributed by atoms with Crippen molar-refractivity contribution in [3.8, 4) is 0 Å². The van der Waals surface area contributed by atoms with E-state index in [9.17, 15) is 22.4 Å². The Morgan fingerprint density at radius 1 is 1.03 bits per heavy atom. The molecule has 1 aliphatic rings. The van der Waals surface area contributed by atoms with Gasteiger partial charge in [0.15, 0.2) is 0 Å². The molecule has 0 spiro atoms. The van der Waals surface area contributed by atoms with Crippen molar-refractivity contribution in [3.05, 3.63) is 107 Å². The van der Waals surface area contributed by atoms with E-state index in [0.717, 1.165) is 23.3 Å². The fourth-order valence-electron chi connectivity index (χ4n) is 4.94. The van der Waals surface area contributed by atoms with E-state index in [-0.39, 0.29) is 36.1 Å². The lowest BCUT2D eigenvalue weighted by Crippen LogP contribution is -2.51. The molecule has 2 amide bonds. The second kappa shape index (κ2) is 11.1. The highest BCUT2D eigenvalue weighted by molar-refractivity contribution is 5.74. The first-order chi connectivity index (χ1) is 17.3. The molecule has 4 rings (SSSR count). The normalized spacial score (nSPS) is 18.3. The summed E-state index contributed by atoms with van der Waals surface area (Å²) in [4.78, 5) is 14.2. The molecular weight excluding hydrogens is 472 g/mol. The van der Waals surface area contributed by atoms with E-state index >= 15 is 0 Å². The second-order valence-electron chi connectivity index (χ2n) is 8.95. The number of benzene rings is 3. The Morgan fingerprint density at radius 3 is 2.19 bits per heavy atom. The van der Waals surface area contributed by atoms with Gasteiger partial charge in [-0.05, 0) is 41.3 Å². The van der Waals surface area contributed by atoms with E-state index in [0.29, 0.717) is 25.6 Å². The molecule has 0 bridgehead atoms. The first-order valence-electron chi connectivity index (χ1n) is 11.8. The molecule has 0 unspecified atom stereocenters. The van der Waals surface area contributed by atoms with Gasteiger partial charge in [0.05, 0.1) is 18.3 Å². The average molecular weight is 501 g/mol. The van der Waals surface area contributed by atoms with Crippen LogP contribution in [-0.2, 0) is 17.5 Å². The van der Waals surface area contributed by atoms with E-state index in [1.165, 1.54) is 0 Å². The molecule has 0 radical (unpaired) electrons. The number of rotatable bonds is 6. The third kappa shape index (κ3) is 6.05. The molecule has 1 heterocycles. The molecule has 3 aromatic carbocycles. The fourth-order valence-corrected chi connectivity index (χ4v) is 4.94. The van der Waals surface area contributed by atoms with Gasteiger partial charge in [-0.15, -0.1) is 0 Å². The van der Waals surface area contributed by atoms with Gasteiger partial charge in [0.1, 0.15) is 5.82 Å². The minimum atomic E-state index is -4.65. The SMILES string of the molecule is CNC(=O)N1CC[C@H](OCc2cc(F)cc(C(F)(F)F)c2)[C@H](C(c2ccccc2)c2ccccc2)C1. The van der Waals surface area contributed by atoms with Crippen LogP contribution in [0, 0.1) is 11.7 Å². The van der Waals surface area contributed by atoms with E-state index in [1.807, 2.05) is 60.7 Å². The van der Waals surface area contributed by atoms with Crippen LogP contribution in [0.2, 0.25) is 0 Å². The van der Waals surface area contributed by atoms with Crippen LogP contribution < -0.4 is 5.32 Å². The van der Waals surface area contributed by atoms with Gasteiger partial charge in [-0.3, -0.25) is 0 Å². The van der Waals surface area contributed by atoms with Crippen LogP contribution in [-0.4, -0.2) is 37.2 Å². The van der Waals surface area contributed by atoms with E-state index in [2.05, 4.69) is 5.32 Å². The zero-order valence-corrected chi connectivity index (χ0v) is 19.8. The molecule has 1 fully saturated rings. The van der Waals surface area contributed by atoms with E-state index in [4.69, 9.17) is 4.74 Å². The lowest BCUT2D eigenvalue weighted by molar-refractivity contribution is -0.137. The number of alkyl halides is 3. The van der Waals surface area contributed by atoms with E-state index < -0.39 is 17.6 Å². The fraction of sp³-hybridized carbons (Fsp3) is 0.321. The maximum atomic E-state index is 13.9. The number of carbonyl (C=O) groups excluding carboxylic acids is 1. The summed E-state index contributed by atoms with van der Waals surface area (Å²) in [7, 11) is 1.58. The zero-order valence-electron chi connectivity index (χ0n) is 19.8. The van der Waals surface area contributed by atoms with Crippen LogP contribution in [0.5, 0.6) is 0 Å². The van der Waals surface area contributed by atoms with Crippen molar-refractivity contribution in [2.24, 2.45) is 5.92 Å². The Kier molecular flexibility index (Phi) is 7.94. The summed E-state index contributed by atoms with van der Waals surface area (Å²) in [6.07, 6.45) is -4.52. The van der Waals surface area contributed by atoms with Crippen LogP contribution in [0.1, 0.15) is 34.6 Å². The van der Waals surface area contributed by atoms with Crippen LogP contribution >= 0.6 is 0 Å². The molecule has 36 heavy (non-hydrogen) atoms. The maximum Gasteiger partial charge on any atom is 0.416 e.